The lowest BCUT2D eigenvalue weighted by Crippen LogP contribution is -2.46. The van der Waals surface area contributed by atoms with E-state index in [0.29, 0.717) is 11.2 Å². The average molecular weight is 388 g/mol. The molecule has 0 spiro atoms. The number of piperazine rings is 1. The normalized spacial score (nSPS) is 18.6. The van der Waals surface area contributed by atoms with Gasteiger partial charge in [-0.1, -0.05) is 30.2 Å². The van der Waals surface area contributed by atoms with E-state index in [1.165, 1.54) is 24.2 Å². The molecule has 0 atom stereocenters. The Morgan fingerprint density at radius 1 is 1.15 bits per heavy atom. The summed E-state index contributed by atoms with van der Waals surface area (Å²) in [5, 5.41) is 15.6. The van der Waals surface area contributed by atoms with Crippen LogP contribution in [-0.2, 0) is 6.54 Å². The number of nitrogens with zero attached hydrogens (tertiary/aromatic N) is 5. The first kappa shape index (κ1) is 18.1. The third-order valence-corrected chi connectivity index (χ3v) is 5.98. The minimum absolute atomic E-state index is 0.176. The van der Waals surface area contributed by atoms with Crippen LogP contribution in [-0.4, -0.2) is 58.3 Å². The Morgan fingerprint density at radius 3 is 2.70 bits per heavy atom. The molecule has 2 N–H and O–H groups in total. The van der Waals surface area contributed by atoms with E-state index in [9.17, 15) is 4.79 Å². The number of anilines is 2. The van der Waals surface area contributed by atoms with E-state index >= 15 is 0 Å². The fourth-order valence-electron chi connectivity index (χ4n) is 3.60. The van der Waals surface area contributed by atoms with Crippen LogP contribution in [0.3, 0.4) is 0 Å². The van der Waals surface area contributed by atoms with E-state index in [0.717, 1.165) is 56.4 Å². The maximum Gasteiger partial charge on any atom is 0.321 e. The number of carbonyl (C=O) groups excluding carboxylic acids is 1. The third-order valence-electron chi connectivity index (χ3n) is 5.08. The first-order chi connectivity index (χ1) is 13.3. The molecule has 1 saturated heterocycles. The van der Waals surface area contributed by atoms with Gasteiger partial charge in [-0.05, 0) is 25.0 Å². The van der Waals surface area contributed by atoms with E-state index in [2.05, 4.69) is 41.7 Å². The van der Waals surface area contributed by atoms with Crippen LogP contribution in [0.5, 0.6) is 0 Å². The highest BCUT2D eigenvalue weighted by Crippen LogP contribution is 2.25. The summed E-state index contributed by atoms with van der Waals surface area (Å²) in [5.74, 6) is 0. The molecule has 9 heteroatoms. The van der Waals surface area contributed by atoms with Gasteiger partial charge in [0.2, 0.25) is 10.3 Å². The molecule has 3 heterocycles. The molecule has 0 aromatic carbocycles. The molecule has 27 heavy (non-hydrogen) atoms. The Kier molecular flexibility index (Phi) is 5.78. The highest BCUT2D eigenvalue weighted by molar-refractivity contribution is 7.19. The molecule has 2 amide bonds. The van der Waals surface area contributed by atoms with Crippen molar-refractivity contribution in [2.75, 3.05) is 36.4 Å². The van der Waals surface area contributed by atoms with E-state index in [4.69, 9.17) is 0 Å². The van der Waals surface area contributed by atoms with Gasteiger partial charge in [0, 0.05) is 45.0 Å². The number of urea groups is 1. The predicted octanol–water partition coefficient (Wildman–Crippen LogP) is 2.32. The molecule has 8 nitrogen and oxygen atoms in total. The molecule has 0 unspecified atom stereocenters. The van der Waals surface area contributed by atoms with Gasteiger partial charge in [0.1, 0.15) is 0 Å². The number of amides is 2. The van der Waals surface area contributed by atoms with Crippen LogP contribution in [0.25, 0.3) is 0 Å². The van der Waals surface area contributed by atoms with Crippen LogP contribution < -0.4 is 15.5 Å². The van der Waals surface area contributed by atoms with Gasteiger partial charge in [-0.3, -0.25) is 15.2 Å². The molecular formula is C18H25N7OS. The molecule has 0 bridgehead atoms. The molecule has 2 fully saturated rings. The molecular weight excluding hydrogens is 362 g/mol. The summed E-state index contributed by atoms with van der Waals surface area (Å²) in [6, 6.07) is 6.15. The average Bonchev–Trinajstić information content (AvgIpc) is 3.35. The number of rotatable bonds is 5. The van der Waals surface area contributed by atoms with E-state index in [1.807, 2.05) is 18.3 Å². The summed E-state index contributed by atoms with van der Waals surface area (Å²) in [6.07, 6.45) is 6.36. The van der Waals surface area contributed by atoms with Crippen molar-refractivity contribution in [3.63, 3.8) is 0 Å². The van der Waals surface area contributed by atoms with E-state index < -0.39 is 0 Å². The lowest BCUT2D eigenvalue weighted by atomic mass is 10.3. The van der Waals surface area contributed by atoms with Gasteiger partial charge >= 0.3 is 6.03 Å². The highest BCUT2D eigenvalue weighted by Gasteiger charge is 2.22. The molecule has 1 aliphatic heterocycles. The second kappa shape index (κ2) is 8.62. The lowest BCUT2D eigenvalue weighted by Gasteiger charge is -2.34. The summed E-state index contributed by atoms with van der Waals surface area (Å²) in [4.78, 5) is 21.1. The quantitative estimate of drug-likeness (QED) is 0.819. The Bertz CT molecular complexity index is 739. The number of aromatic nitrogens is 3. The van der Waals surface area contributed by atoms with Crippen molar-refractivity contribution in [3.05, 3.63) is 30.1 Å². The zero-order chi connectivity index (χ0) is 18.5. The van der Waals surface area contributed by atoms with Gasteiger partial charge in [-0.25, -0.2) is 4.79 Å². The predicted molar refractivity (Wildman–Crippen MR) is 106 cm³/mol. The molecule has 1 saturated carbocycles. The zero-order valence-electron chi connectivity index (χ0n) is 15.3. The Labute approximate surface area is 163 Å². The molecule has 144 valence electrons. The third kappa shape index (κ3) is 4.92. The largest absolute Gasteiger partial charge is 0.344 e. The van der Waals surface area contributed by atoms with Crippen LogP contribution in [0.4, 0.5) is 15.1 Å². The van der Waals surface area contributed by atoms with Crippen LogP contribution >= 0.6 is 11.3 Å². The van der Waals surface area contributed by atoms with Crippen molar-refractivity contribution < 1.29 is 4.79 Å². The second-order valence-electron chi connectivity index (χ2n) is 7.05. The van der Waals surface area contributed by atoms with Crippen molar-refractivity contribution in [1.29, 1.82) is 0 Å². The van der Waals surface area contributed by atoms with Crippen LogP contribution in [0.2, 0.25) is 0 Å². The Morgan fingerprint density at radius 2 is 1.96 bits per heavy atom. The van der Waals surface area contributed by atoms with Gasteiger partial charge in [0.05, 0.1) is 5.69 Å². The van der Waals surface area contributed by atoms with Crippen molar-refractivity contribution in [1.82, 2.24) is 25.4 Å². The maximum absolute atomic E-state index is 12.1. The van der Waals surface area contributed by atoms with Gasteiger partial charge in [-0.2, -0.15) is 0 Å². The zero-order valence-corrected chi connectivity index (χ0v) is 16.1. The fourth-order valence-corrected chi connectivity index (χ4v) is 4.39. The summed E-state index contributed by atoms with van der Waals surface area (Å²) >= 11 is 1.43. The number of nitrogens with one attached hydrogen (secondary N) is 2. The first-order valence-corrected chi connectivity index (χ1v) is 10.4. The summed E-state index contributed by atoms with van der Waals surface area (Å²) in [7, 11) is 0. The summed E-state index contributed by atoms with van der Waals surface area (Å²) in [6.45, 7) is 4.59. The van der Waals surface area contributed by atoms with Crippen LogP contribution in [0.1, 0.15) is 31.4 Å². The van der Waals surface area contributed by atoms with Gasteiger partial charge in [0.15, 0.2) is 0 Å². The van der Waals surface area contributed by atoms with Crippen LogP contribution in [0, 0.1) is 0 Å². The smallest absolute Gasteiger partial charge is 0.321 e. The summed E-state index contributed by atoms with van der Waals surface area (Å²) < 4.78 is 0. The van der Waals surface area contributed by atoms with Crippen molar-refractivity contribution in [3.8, 4) is 0 Å². The standard InChI is InChI=1S/C18H25N7OS/c26-16(20-14-5-1-2-6-14)21-17-22-23-18(27-17)25-11-9-24(10-12-25)13-15-7-3-4-8-19-15/h3-4,7-8,14H,1-2,5-6,9-13H2,(H2,20,21,22,26). The molecule has 2 aromatic rings. The lowest BCUT2D eigenvalue weighted by molar-refractivity contribution is 0.247. The van der Waals surface area contributed by atoms with Gasteiger partial charge in [0.25, 0.3) is 0 Å². The SMILES string of the molecule is O=C(Nc1nnc(N2CCN(Cc3ccccn3)CC2)s1)NC1CCCC1. The minimum Gasteiger partial charge on any atom is -0.344 e. The molecule has 1 aliphatic carbocycles. The first-order valence-electron chi connectivity index (χ1n) is 9.54. The molecule has 2 aliphatic rings. The number of hydrogen-bond acceptors (Lipinski definition) is 7. The van der Waals surface area contributed by atoms with Crippen molar-refractivity contribution >= 4 is 27.6 Å². The fraction of sp³-hybridized carbons (Fsp3) is 0.556. The molecule has 4 rings (SSSR count). The van der Waals surface area contributed by atoms with E-state index in [-0.39, 0.29) is 6.03 Å². The maximum atomic E-state index is 12.1. The van der Waals surface area contributed by atoms with Gasteiger partial charge in [-0.15, -0.1) is 10.2 Å². The Balaban J connectivity index is 1.25. The highest BCUT2D eigenvalue weighted by atomic mass is 32.1. The number of pyridine rings is 1. The van der Waals surface area contributed by atoms with Crippen molar-refractivity contribution in [2.24, 2.45) is 0 Å². The van der Waals surface area contributed by atoms with Crippen molar-refractivity contribution in [2.45, 2.75) is 38.3 Å². The summed E-state index contributed by atoms with van der Waals surface area (Å²) in [5.41, 5.74) is 1.10. The van der Waals surface area contributed by atoms with Crippen LogP contribution in [0.15, 0.2) is 24.4 Å². The number of carbonyl (C=O) groups is 1. The topological polar surface area (TPSA) is 86.3 Å². The minimum atomic E-state index is -0.176. The Hall–Kier alpha value is -2.26. The second-order valence-corrected chi connectivity index (χ2v) is 8.01. The monoisotopic (exact) mass is 387 g/mol. The molecule has 0 radical (unpaired) electrons. The molecule has 2 aromatic heterocycles. The number of hydrogen-bond donors (Lipinski definition) is 2. The van der Waals surface area contributed by atoms with E-state index in [1.54, 1.807) is 0 Å². The van der Waals surface area contributed by atoms with Gasteiger partial charge < -0.3 is 10.2 Å².